The molecule has 0 bridgehead atoms. The Labute approximate surface area is 112 Å². The van der Waals surface area contributed by atoms with E-state index >= 15 is 0 Å². The van der Waals surface area contributed by atoms with Gasteiger partial charge in [0.1, 0.15) is 17.3 Å². The summed E-state index contributed by atoms with van der Waals surface area (Å²) >= 11 is 0. The second kappa shape index (κ2) is 4.53. The van der Waals surface area contributed by atoms with Crippen LogP contribution in [0.1, 0.15) is 24.0 Å². The highest BCUT2D eigenvalue weighted by Gasteiger charge is 2.33. The molecule has 1 saturated carbocycles. The van der Waals surface area contributed by atoms with E-state index in [0.717, 1.165) is 35.6 Å². The van der Waals surface area contributed by atoms with Crippen molar-refractivity contribution in [2.24, 2.45) is 10.9 Å². The first-order valence-corrected chi connectivity index (χ1v) is 6.43. The third kappa shape index (κ3) is 2.38. The van der Waals surface area contributed by atoms with Crippen molar-refractivity contribution >= 4 is 17.8 Å². The molecule has 0 aromatic heterocycles. The van der Waals surface area contributed by atoms with Gasteiger partial charge in [-0.1, -0.05) is 11.6 Å². The van der Waals surface area contributed by atoms with Crippen LogP contribution in [0.25, 0.3) is 6.08 Å². The van der Waals surface area contributed by atoms with Crippen molar-refractivity contribution in [3.63, 3.8) is 0 Å². The van der Waals surface area contributed by atoms with Crippen LogP contribution >= 0.6 is 0 Å². The van der Waals surface area contributed by atoms with Crippen LogP contribution < -0.4 is 10.1 Å². The zero-order valence-corrected chi connectivity index (χ0v) is 11.1. The maximum absolute atomic E-state index is 11.9. The van der Waals surface area contributed by atoms with E-state index in [4.69, 9.17) is 4.74 Å². The first-order chi connectivity index (χ1) is 9.17. The lowest BCUT2D eigenvalue weighted by molar-refractivity contribution is -0.115. The standard InChI is InChI=1S/C15H16N2O2/c1-9-3-6-13(19-2)11(7-9)8-12-15(18)17-14(16-12)10-4-5-10/h3,6-8,10H,4-5H2,1-2H3,(H,16,17,18)/b12-8+. The molecule has 4 heteroatoms. The first kappa shape index (κ1) is 12.0. The van der Waals surface area contributed by atoms with Gasteiger partial charge in [-0.2, -0.15) is 0 Å². The lowest BCUT2D eigenvalue weighted by Gasteiger charge is -2.05. The molecule has 19 heavy (non-hydrogen) atoms. The fourth-order valence-corrected chi connectivity index (χ4v) is 2.15. The Morgan fingerprint density at radius 1 is 1.42 bits per heavy atom. The van der Waals surface area contributed by atoms with Crippen LogP contribution in [0.15, 0.2) is 28.9 Å². The summed E-state index contributed by atoms with van der Waals surface area (Å²) in [5.74, 6) is 1.91. The molecule has 98 valence electrons. The number of amidine groups is 1. The van der Waals surface area contributed by atoms with Crippen molar-refractivity contribution in [1.29, 1.82) is 0 Å². The fourth-order valence-electron chi connectivity index (χ4n) is 2.15. The molecular formula is C15H16N2O2. The highest BCUT2D eigenvalue weighted by atomic mass is 16.5. The van der Waals surface area contributed by atoms with Crippen LogP contribution in [-0.4, -0.2) is 18.9 Å². The maximum Gasteiger partial charge on any atom is 0.275 e. The van der Waals surface area contributed by atoms with Crippen LogP contribution in [-0.2, 0) is 4.79 Å². The molecule has 1 aliphatic carbocycles. The number of aryl methyl sites for hydroxylation is 1. The van der Waals surface area contributed by atoms with Crippen molar-refractivity contribution < 1.29 is 9.53 Å². The Hall–Kier alpha value is -2.10. The molecule has 1 N–H and O–H groups in total. The fraction of sp³-hybridized carbons (Fsp3) is 0.333. The van der Waals surface area contributed by atoms with Gasteiger partial charge in [-0.15, -0.1) is 0 Å². The van der Waals surface area contributed by atoms with Gasteiger partial charge in [0.15, 0.2) is 0 Å². The highest BCUT2D eigenvalue weighted by molar-refractivity contribution is 6.15. The van der Waals surface area contributed by atoms with Crippen LogP contribution in [0.2, 0.25) is 0 Å². The number of rotatable bonds is 3. The Morgan fingerprint density at radius 3 is 2.89 bits per heavy atom. The van der Waals surface area contributed by atoms with Gasteiger partial charge in [-0.3, -0.25) is 4.79 Å². The number of carbonyl (C=O) groups is 1. The van der Waals surface area contributed by atoms with E-state index < -0.39 is 0 Å². The number of benzene rings is 1. The van der Waals surface area contributed by atoms with Gasteiger partial charge in [0, 0.05) is 11.5 Å². The zero-order valence-electron chi connectivity index (χ0n) is 11.1. The van der Waals surface area contributed by atoms with Gasteiger partial charge in [0.25, 0.3) is 5.91 Å². The zero-order chi connectivity index (χ0) is 13.4. The minimum atomic E-state index is -0.120. The van der Waals surface area contributed by atoms with Crippen LogP contribution in [0.4, 0.5) is 0 Å². The second-order valence-electron chi connectivity index (χ2n) is 5.00. The molecule has 0 saturated heterocycles. The molecule has 1 amide bonds. The van der Waals surface area contributed by atoms with E-state index in [1.165, 1.54) is 0 Å². The Bertz CT molecular complexity index is 598. The summed E-state index contributed by atoms with van der Waals surface area (Å²) in [6.07, 6.45) is 4.04. The van der Waals surface area contributed by atoms with E-state index in [-0.39, 0.29) is 5.91 Å². The molecule has 1 heterocycles. The van der Waals surface area contributed by atoms with Gasteiger partial charge < -0.3 is 10.1 Å². The molecule has 2 aliphatic rings. The molecule has 3 rings (SSSR count). The first-order valence-electron chi connectivity index (χ1n) is 6.43. The van der Waals surface area contributed by atoms with Crippen LogP contribution in [0.5, 0.6) is 5.75 Å². The van der Waals surface area contributed by atoms with Gasteiger partial charge in [-0.25, -0.2) is 4.99 Å². The van der Waals surface area contributed by atoms with E-state index in [1.54, 1.807) is 13.2 Å². The smallest absolute Gasteiger partial charge is 0.275 e. The predicted octanol–water partition coefficient (Wildman–Crippen LogP) is 2.28. The lowest BCUT2D eigenvalue weighted by atomic mass is 10.1. The predicted molar refractivity (Wildman–Crippen MR) is 74.0 cm³/mol. The molecule has 0 radical (unpaired) electrons. The molecule has 0 unspecified atom stereocenters. The Kier molecular flexibility index (Phi) is 2.85. The summed E-state index contributed by atoms with van der Waals surface area (Å²) in [4.78, 5) is 16.3. The summed E-state index contributed by atoms with van der Waals surface area (Å²) in [6.45, 7) is 2.01. The van der Waals surface area contributed by atoms with Gasteiger partial charge in [0.2, 0.25) is 0 Å². The summed E-state index contributed by atoms with van der Waals surface area (Å²) in [5.41, 5.74) is 2.47. The average Bonchev–Trinajstić information content (AvgIpc) is 3.16. The van der Waals surface area contributed by atoms with Crippen molar-refractivity contribution in [2.45, 2.75) is 19.8 Å². The normalized spacial score (nSPS) is 20.4. The number of aliphatic imine (C=N–C) groups is 1. The number of amides is 1. The average molecular weight is 256 g/mol. The number of carbonyl (C=O) groups excluding carboxylic acids is 1. The summed E-state index contributed by atoms with van der Waals surface area (Å²) in [6, 6.07) is 5.87. The summed E-state index contributed by atoms with van der Waals surface area (Å²) < 4.78 is 5.31. The molecule has 0 atom stereocenters. The molecular weight excluding hydrogens is 240 g/mol. The number of methoxy groups -OCH3 is 1. The molecule has 1 aliphatic heterocycles. The van der Waals surface area contributed by atoms with Crippen molar-refractivity contribution in [1.82, 2.24) is 5.32 Å². The molecule has 0 spiro atoms. The monoisotopic (exact) mass is 256 g/mol. The lowest BCUT2D eigenvalue weighted by Crippen LogP contribution is -2.25. The van der Waals surface area contributed by atoms with E-state index in [9.17, 15) is 4.79 Å². The Morgan fingerprint density at radius 2 is 2.21 bits per heavy atom. The molecule has 4 nitrogen and oxygen atoms in total. The van der Waals surface area contributed by atoms with E-state index in [1.807, 2.05) is 25.1 Å². The maximum atomic E-state index is 11.9. The minimum absolute atomic E-state index is 0.120. The van der Waals surface area contributed by atoms with Crippen molar-refractivity contribution in [3.8, 4) is 5.75 Å². The molecule has 1 fully saturated rings. The summed E-state index contributed by atoms with van der Waals surface area (Å²) in [7, 11) is 1.63. The third-order valence-electron chi connectivity index (χ3n) is 3.36. The SMILES string of the molecule is COc1ccc(C)cc1/C=C1/N=C(C2CC2)NC1=O. The summed E-state index contributed by atoms with van der Waals surface area (Å²) in [5, 5.41) is 2.84. The number of hydrogen-bond donors (Lipinski definition) is 1. The molecule has 1 aromatic rings. The van der Waals surface area contributed by atoms with Gasteiger partial charge in [0.05, 0.1) is 7.11 Å². The van der Waals surface area contributed by atoms with E-state index in [0.29, 0.717) is 11.6 Å². The van der Waals surface area contributed by atoms with Gasteiger partial charge >= 0.3 is 0 Å². The highest BCUT2D eigenvalue weighted by Crippen LogP contribution is 2.32. The van der Waals surface area contributed by atoms with Crippen LogP contribution in [0.3, 0.4) is 0 Å². The largest absolute Gasteiger partial charge is 0.496 e. The number of ether oxygens (including phenoxy) is 1. The number of hydrogen-bond acceptors (Lipinski definition) is 3. The van der Waals surface area contributed by atoms with Crippen LogP contribution in [0, 0.1) is 12.8 Å². The van der Waals surface area contributed by atoms with E-state index in [2.05, 4.69) is 10.3 Å². The minimum Gasteiger partial charge on any atom is -0.496 e. The second-order valence-corrected chi connectivity index (χ2v) is 5.00. The Balaban J connectivity index is 1.96. The van der Waals surface area contributed by atoms with Crippen molar-refractivity contribution in [3.05, 3.63) is 35.0 Å². The number of nitrogens with zero attached hydrogens (tertiary/aromatic N) is 1. The van der Waals surface area contributed by atoms with Crippen molar-refractivity contribution in [2.75, 3.05) is 7.11 Å². The topological polar surface area (TPSA) is 50.7 Å². The number of nitrogens with one attached hydrogen (secondary N) is 1. The quantitative estimate of drug-likeness (QED) is 0.843. The third-order valence-corrected chi connectivity index (χ3v) is 3.36. The van der Waals surface area contributed by atoms with Gasteiger partial charge in [-0.05, 0) is 38.0 Å². The molecule has 1 aromatic carbocycles.